The van der Waals surface area contributed by atoms with Gasteiger partial charge >= 0.3 is 0 Å². The SMILES string of the molecule is CC(O)CNC(C)C(C)C1CCCCC1. The van der Waals surface area contributed by atoms with Gasteiger partial charge in [-0.2, -0.15) is 0 Å². The Morgan fingerprint density at radius 1 is 1.13 bits per heavy atom. The Kier molecular flexibility index (Phi) is 5.62. The second-order valence-corrected chi connectivity index (χ2v) is 5.30. The average molecular weight is 213 g/mol. The molecule has 1 aliphatic rings. The fraction of sp³-hybridized carbons (Fsp3) is 1.00. The molecule has 1 aliphatic carbocycles. The Bertz CT molecular complexity index is 164. The Balaban J connectivity index is 2.27. The highest BCUT2D eigenvalue weighted by atomic mass is 16.3. The molecule has 1 rings (SSSR count). The third-order valence-corrected chi connectivity index (χ3v) is 3.92. The third-order valence-electron chi connectivity index (χ3n) is 3.92. The number of aliphatic hydroxyl groups excluding tert-OH is 1. The van der Waals surface area contributed by atoms with Crippen LogP contribution in [0.3, 0.4) is 0 Å². The van der Waals surface area contributed by atoms with E-state index in [2.05, 4.69) is 19.2 Å². The molecule has 0 aromatic carbocycles. The van der Waals surface area contributed by atoms with Gasteiger partial charge in [-0.05, 0) is 25.7 Å². The normalized spacial score (nSPS) is 24.8. The molecule has 0 bridgehead atoms. The summed E-state index contributed by atoms with van der Waals surface area (Å²) >= 11 is 0. The highest BCUT2D eigenvalue weighted by Gasteiger charge is 2.24. The Hall–Kier alpha value is -0.0800. The van der Waals surface area contributed by atoms with Gasteiger partial charge in [0.25, 0.3) is 0 Å². The molecule has 0 spiro atoms. The maximum atomic E-state index is 9.23. The molecule has 0 saturated heterocycles. The second-order valence-electron chi connectivity index (χ2n) is 5.30. The summed E-state index contributed by atoms with van der Waals surface area (Å²) in [5.41, 5.74) is 0. The van der Waals surface area contributed by atoms with Crippen LogP contribution in [0.2, 0.25) is 0 Å². The van der Waals surface area contributed by atoms with Crippen LogP contribution in [0, 0.1) is 11.8 Å². The molecule has 0 radical (unpaired) electrons. The standard InChI is InChI=1S/C13H27NO/c1-10(15)9-14-12(3)11(2)13-7-5-4-6-8-13/h10-15H,4-9H2,1-3H3. The minimum Gasteiger partial charge on any atom is -0.392 e. The minimum absolute atomic E-state index is 0.231. The lowest BCUT2D eigenvalue weighted by molar-refractivity contribution is 0.167. The van der Waals surface area contributed by atoms with Gasteiger partial charge in [-0.3, -0.25) is 0 Å². The fourth-order valence-corrected chi connectivity index (χ4v) is 2.61. The van der Waals surface area contributed by atoms with E-state index >= 15 is 0 Å². The highest BCUT2D eigenvalue weighted by Crippen LogP contribution is 2.31. The molecule has 2 N–H and O–H groups in total. The van der Waals surface area contributed by atoms with E-state index in [9.17, 15) is 5.11 Å². The van der Waals surface area contributed by atoms with Crippen molar-refractivity contribution in [1.29, 1.82) is 0 Å². The zero-order valence-electron chi connectivity index (χ0n) is 10.5. The minimum atomic E-state index is -0.231. The summed E-state index contributed by atoms with van der Waals surface area (Å²) < 4.78 is 0. The van der Waals surface area contributed by atoms with Crippen LogP contribution in [0.15, 0.2) is 0 Å². The van der Waals surface area contributed by atoms with Gasteiger partial charge in [-0.15, -0.1) is 0 Å². The topological polar surface area (TPSA) is 32.3 Å². The van der Waals surface area contributed by atoms with Crippen molar-refractivity contribution in [3.63, 3.8) is 0 Å². The summed E-state index contributed by atoms with van der Waals surface area (Å²) in [7, 11) is 0. The van der Waals surface area contributed by atoms with Crippen molar-refractivity contribution in [1.82, 2.24) is 5.32 Å². The molecule has 2 heteroatoms. The first-order chi connectivity index (χ1) is 7.11. The van der Waals surface area contributed by atoms with Crippen LogP contribution in [0.5, 0.6) is 0 Å². The van der Waals surface area contributed by atoms with Gasteiger partial charge in [0.15, 0.2) is 0 Å². The quantitative estimate of drug-likeness (QED) is 0.735. The largest absolute Gasteiger partial charge is 0.392 e. The molecule has 3 unspecified atom stereocenters. The highest BCUT2D eigenvalue weighted by molar-refractivity contribution is 4.78. The molecule has 0 amide bonds. The van der Waals surface area contributed by atoms with Crippen LogP contribution in [0.4, 0.5) is 0 Å². The van der Waals surface area contributed by atoms with Gasteiger partial charge in [0.1, 0.15) is 0 Å². The first-order valence-electron chi connectivity index (χ1n) is 6.52. The van der Waals surface area contributed by atoms with Gasteiger partial charge in [-0.1, -0.05) is 39.0 Å². The summed E-state index contributed by atoms with van der Waals surface area (Å²) in [4.78, 5) is 0. The Labute approximate surface area is 94.5 Å². The summed E-state index contributed by atoms with van der Waals surface area (Å²) in [6, 6.07) is 0.530. The summed E-state index contributed by atoms with van der Waals surface area (Å²) in [6.45, 7) is 7.17. The van der Waals surface area contributed by atoms with Gasteiger partial charge in [0.2, 0.25) is 0 Å². The maximum Gasteiger partial charge on any atom is 0.0636 e. The Morgan fingerprint density at radius 3 is 2.27 bits per heavy atom. The van der Waals surface area contributed by atoms with Crippen LogP contribution in [-0.2, 0) is 0 Å². The summed E-state index contributed by atoms with van der Waals surface area (Å²) in [6.07, 6.45) is 6.84. The number of hydrogen-bond acceptors (Lipinski definition) is 2. The fourth-order valence-electron chi connectivity index (χ4n) is 2.61. The third kappa shape index (κ3) is 4.52. The summed E-state index contributed by atoms with van der Waals surface area (Å²) in [5.74, 6) is 1.64. The van der Waals surface area contributed by atoms with Crippen molar-refractivity contribution in [2.75, 3.05) is 6.54 Å². The van der Waals surface area contributed by atoms with Crippen molar-refractivity contribution in [2.24, 2.45) is 11.8 Å². The molecular weight excluding hydrogens is 186 g/mol. The number of aliphatic hydroxyl groups is 1. The lowest BCUT2D eigenvalue weighted by Gasteiger charge is -2.32. The van der Waals surface area contributed by atoms with Gasteiger partial charge < -0.3 is 10.4 Å². The van der Waals surface area contributed by atoms with Crippen molar-refractivity contribution >= 4 is 0 Å². The maximum absolute atomic E-state index is 9.23. The Morgan fingerprint density at radius 2 is 1.73 bits per heavy atom. The van der Waals surface area contributed by atoms with E-state index in [0.717, 1.165) is 18.4 Å². The van der Waals surface area contributed by atoms with E-state index in [1.807, 2.05) is 6.92 Å². The number of nitrogens with one attached hydrogen (secondary N) is 1. The van der Waals surface area contributed by atoms with Crippen molar-refractivity contribution in [3.05, 3.63) is 0 Å². The van der Waals surface area contributed by atoms with Crippen molar-refractivity contribution in [3.8, 4) is 0 Å². The van der Waals surface area contributed by atoms with Gasteiger partial charge in [0.05, 0.1) is 6.10 Å². The van der Waals surface area contributed by atoms with Crippen LogP contribution >= 0.6 is 0 Å². The lowest BCUT2D eigenvalue weighted by atomic mass is 9.78. The molecular formula is C13H27NO. The van der Waals surface area contributed by atoms with E-state index in [0.29, 0.717) is 6.04 Å². The van der Waals surface area contributed by atoms with Gasteiger partial charge in [-0.25, -0.2) is 0 Å². The van der Waals surface area contributed by atoms with E-state index in [-0.39, 0.29) is 6.10 Å². The van der Waals surface area contributed by atoms with E-state index in [1.54, 1.807) is 0 Å². The van der Waals surface area contributed by atoms with Crippen molar-refractivity contribution < 1.29 is 5.11 Å². The molecule has 15 heavy (non-hydrogen) atoms. The van der Waals surface area contributed by atoms with Crippen molar-refractivity contribution in [2.45, 2.75) is 65.0 Å². The van der Waals surface area contributed by atoms with E-state index in [1.165, 1.54) is 32.1 Å². The van der Waals surface area contributed by atoms with Crippen LogP contribution in [0.1, 0.15) is 52.9 Å². The summed E-state index contributed by atoms with van der Waals surface area (Å²) in [5, 5.41) is 12.7. The molecule has 3 atom stereocenters. The zero-order valence-corrected chi connectivity index (χ0v) is 10.5. The van der Waals surface area contributed by atoms with Crippen LogP contribution < -0.4 is 5.32 Å². The van der Waals surface area contributed by atoms with Gasteiger partial charge in [0, 0.05) is 12.6 Å². The molecule has 2 nitrogen and oxygen atoms in total. The zero-order chi connectivity index (χ0) is 11.3. The molecule has 1 fully saturated rings. The lowest BCUT2D eigenvalue weighted by Crippen LogP contribution is -2.39. The molecule has 0 aromatic rings. The molecule has 0 aliphatic heterocycles. The smallest absolute Gasteiger partial charge is 0.0636 e. The molecule has 0 heterocycles. The number of rotatable bonds is 5. The van der Waals surface area contributed by atoms with E-state index < -0.39 is 0 Å². The molecule has 90 valence electrons. The van der Waals surface area contributed by atoms with E-state index in [4.69, 9.17) is 0 Å². The molecule has 0 aromatic heterocycles. The monoisotopic (exact) mass is 213 g/mol. The predicted octanol–water partition coefficient (Wildman–Crippen LogP) is 2.56. The molecule has 1 saturated carbocycles. The first kappa shape index (κ1) is 13.0. The predicted molar refractivity (Wildman–Crippen MR) is 64.9 cm³/mol. The van der Waals surface area contributed by atoms with Crippen LogP contribution in [0.25, 0.3) is 0 Å². The average Bonchev–Trinajstić information content (AvgIpc) is 2.26. The first-order valence-corrected chi connectivity index (χ1v) is 6.52. The second kappa shape index (κ2) is 6.49. The van der Waals surface area contributed by atoms with Crippen LogP contribution in [-0.4, -0.2) is 23.8 Å². The number of hydrogen-bond donors (Lipinski definition) is 2.